The van der Waals surface area contributed by atoms with Crippen LogP contribution < -0.4 is 9.44 Å². The molecule has 6 nitrogen and oxygen atoms in total. The summed E-state index contributed by atoms with van der Waals surface area (Å²) < 4.78 is 52.9. The first-order valence-electron chi connectivity index (χ1n) is 7.79. The van der Waals surface area contributed by atoms with Crippen molar-refractivity contribution in [1.29, 1.82) is 0 Å². The van der Waals surface area contributed by atoms with Crippen LogP contribution in [0.5, 0.6) is 0 Å². The van der Waals surface area contributed by atoms with Gasteiger partial charge in [-0.3, -0.25) is 0 Å². The van der Waals surface area contributed by atoms with Gasteiger partial charge in [-0.2, -0.15) is 9.44 Å². The summed E-state index contributed by atoms with van der Waals surface area (Å²) in [6, 6.07) is 12.9. The van der Waals surface area contributed by atoms with Gasteiger partial charge in [-0.05, 0) is 38.1 Å². The molecule has 0 aliphatic heterocycles. The van der Waals surface area contributed by atoms with Crippen LogP contribution in [0, 0.1) is 25.7 Å². The lowest BCUT2D eigenvalue weighted by atomic mass is 10.2. The Bertz CT molecular complexity index is 932. The van der Waals surface area contributed by atoms with Gasteiger partial charge in [0, 0.05) is 0 Å². The van der Waals surface area contributed by atoms with Gasteiger partial charge in [-0.25, -0.2) is 16.8 Å². The van der Waals surface area contributed by atoms with Crippen LogP contribution in [0.4, 0.5) is 0 Å². The number of rotatable bonds is 6. The predicted octanol–water partition coefficient (Wildman–Crippen LogP) is 1.56. The average molecular weight is 393 g/mol. The van der Waals surface area contributed by atoms with Gasteiger partial charge >= 0.3 is 0 Å². The molecule has 2 N–H and O–H groups in total. The number of sulfonamides is 2. The predicted molar refractivity (Wildman–Crippen MR) is 101 cm³/mol. The summed E-state index contributed by atoms with van der Waals surface area (Å²) in [7, 11) is -7.26. The normalized spacial score (nSPS) is 11.6. The van der Waals surface area contributed by atoms with Gasteiger partial charge in [0.25, 0.3) is 0 Å². The maximum Gasteiger partial charge on any atom is 0.241 e. The molecule has 0 saturated carbocycles. The molecule has 2 aromatic rings. The molecule has 8 heteroatoms. The van der Waals surface area contributed by atoms with Crippen molar-refractivity contribution in [2.75, 3.05) is 13.1 Å². The number of hydrogen-bond donors (Lipinski definition) is 2. The maximum absolute atomic E-state index is 12.1. The highest BCUT2D eigenvalue weighted by Gasteiger charge is 2.13. The highest BCUT2D eigenvalue weighted by molar-refractivity contribution is 7.89. The van der Waals surface area contributed by atoms with Gasteiger partial charge in [0.2, 0.25) is 20.0 Å². The number of hydrogen-bond acceptors (Lipinski definition) is 4. The fourth-order valence-electron chi connectivity index (χ4n) is 1.99. The molecule has 0 aliphatic rings. The summed E-state index contributed by atoms with van der Waals surface area (Å²) in [5, 5.41) is 0. The smallest absolute Gasteiger partial charge is 0.207 e. The fourth-order valence-corrected chi connectivity index (χ4v) is 3.84. The van der Waals surface area contributed by atoms with Crippen molar-refractivity contribution in [3.8, 4) is 11.8 Å². The van der Waals surface area contributed by atoms with Crippen LogP contribution in [-0.4, -0.2) is 29.9 Å². The van der Waals surface area contributed by atoms with Crippen molar-refractivity contribution in [3.05, 3.63) is 59.7 Å². The minimum absolute atomic E-state index is 0.109. The van der Waals surface area contributed by atoms with Crippen LogP contribution in [0.3, 0.4) is 0 Å². The van der Waals surface area contributed by atoms with Gasteiger partial charge in [-0.1, -0.05) is 47.2 Å². The van der Waals surface area contributed by atoms with Gasteiger partial charge in [0.05, 0.1) is 22.9 Å². The molecule has 0 atom stereocenters. The zero-order valence-electron chi connectivity index (χ0n) is 14.5. The second kappa shape index (κ2) is 8.47. The quantitative estimate of drug-likeness (QED) is 0.730. The molecule has 0 radical (unpaired) electrons. The van der Waals surface area contributed by atoms with E-state index in [0.29, 0.717) is 0 Å². The summed E-state index contributed by atoms with van der Waals surface area (Å²) in [6.07, 6.45) is 0. The first-order valence-corrected chi connectivity index (χ1v) is 10.8. The summed E-state index contributed by atoms with van der Waals surface area (Å²) in [5.74, 6) is 5.18. The van der Waals surface area contributed by atoms with Crippen LogP contribution in [0.25, 0.3) is 0 Å². The average Bonchev–Trinajstić information content (AvgIpc) is 2.58. The van der Waals surface area contributed by atoms with E-state index in [-0.39, 0.29) is 22.9 Å². The Morgan fingerprint density at radius 1 is 0.654 bits per heavy atom. The molecule has 138 valence electrons. The SMILES string of the molecule is Cc1ccc(S(=O)(=O)NCC#CCNS(=O)(=O)c2ccc(C)cc2)cc1. The van der Waals surface area contributed by atoms with Gasteiger partial charge in [-0.15, -0.1) is 0 Å². The molecule has 0 fully saturated rings. The van der Waals surface area contributed by atoms with Crippen molar-refractivity contribution in [1.82, 2.24) is 9.44 Å². The Morgan fingerprint density at radius 3 is 1.27 bits per heavy atom. The molecule has 0 heterocycles. The molecule has 0 aliphatic carbocycles. The molecule has 0 unspecified atom stereocenters. The lowest BCUT2D eigenvalue weighted by Gasteiger charge is -2.04. The van der Waals surface area contributed by atoms with E-state index < -0.39 is 20.0 Å². The minimum Gasteiger partial charge on any atom is -0.207 e. The third-order valence-electron chi connectivity index (χ3n) is 3.49. The van der Waals surface area contributed by atoms with Crippen molar-refractivity contribution < 1.29 is 16.8 Å². The van der Waals surface area contributed by atoms with E-state index >= 15 is 0 Å². The Hall–Kier alpha value is -2.18. The minimum atomic E-state index is -3.63. The van der Waals surface area contributed by atoms with Crippen molar-refractivity contribution >= 4 is 20.0 Å². The number of aryl methyl sites for hydroxylation is 2. The summed E-state index contributed by atoms with van der Waals surface area (Å²) in [6.45, 7) is 3.52. The zero-order valence-corrected chi connectivity index (χ0v) is 16.1. The van der Waals surface area contributed by atoms with Crippen LogP contribution in [0.15, 0.2) is 58.3 Å². The standard InChI is InChI=1S/C18H20N2O4S2/c1-15-5-9-17(10-6-15)25(21,22)19-13-3-4-14-20-26(23,24)18-11-7-16(2)8-12-18/h5-12,19-20H,13-14H2,1-2H3. The van der Waals surface area contributed by atoms with E-state index in [0.717, 1.165) is 11.1 Å². The summed E-state index contributed by atoms with van der Waals surface area (Å²) >= 11 is 0. The molecule has 0 amide bonds. The second-order valence-electron chi connectivity index (χ2n) is 5.63. The Morgan fingerprint density at radius 2 is 0.962 bits per heavy atom. The molecule has 0 bridgehead atoms. The van der Waals surface area contributed by atoms with E-state index in [1.165, 1.54) is 24.3 Å². The van der Waals surface area contributed by atoms with E-state index in [9.17, 15) is 16.8 Å². The largest absolute Gasteiger partial charge is 0.241 e. The molecular weight excluding hydrogens is 372 g/mol. The third kappa shape index (κ3) is 5.68. The highest BCUT2D eigenvalue weighted by Crippen LogP contribution is 2.10. The van der Waals surface area contributed by atoms with E-state index in [1.807, 2.05) is 13.8 Å². The first-order chi connectivity index (χ1) is 12.2. The van der Waals surface area contributed by atoms with Crippen molar-refractivity contribution in [3.63, 3.8) is 0 Å². The molecule has 2 rings (SSSR count). The molecular formula is C18H20N2O4S2. The Balaban J connectivity index is 1.87. The Labute approximate surface area is 154 Å². The monoisotopic (exact) mass is 392 g/mol. The third-order valence-corrected chi connectivity index (χ3v) is 6.32. The van der Waals surface area contributed by atoms with Crippen LogP contribution in [0.2, 0.25) is 0 Å². The summed E-state index contributed by atoms with van der Waals surface area (Å²) in [4.78, 5) is 0.315. The molecule has 26 heavy (non-hydrogen) atoms. The lowest BCUT2D eigenvalue weighted by Crippen LogP contribution is -2.25. The molecule has 0 spiro atoms. The van der Waals surface area contributed by atoms with Crippen molar-refractivity contribution in [2.24, 2.45) is 0 Å². The van der Waals surface area contributed by atoms with Crippen LogP contribution in [0.1, 0.15) is 11.1 Å². The topological polar surface area (TPSA) is 92.3 Å². The molecule has 0 saturated heterocycles. The summed E-state index contributed by atoms with van der Waals surface area (Å²) in [5.41, 5.74) is 1.93. The molecule has 0 aromatic heterocycles. The second-order valence-corrected chi connectivity index (χ2v) is 9.16. The number of nitrogens with one attached hydrogen (secondary N) is 2. The lowest BCUT2D eigenvalue weighted by molar-refractivity contribution is 0.584. The highest BCUT2D eigenvalue weighted by atomic mass is 32.2. The zero-order chi connectivity index (χ0) is 19.2. The Kier molecular flexibility index (Phi) is 6.56. The van der Waals surface area contributed by atoms with Crippen LogP contribution >= 0.6 is 0 Å². The maximum atomic E-state index is 12.1. The molecule has 2 aromatic carbocycles. The van der Waals surface area contributed by atoms with E-state index in [2.05, 4.69) is 21.3 Å². The van der Waals surface area contributed by atoms with Gasteiger partial charge < -0.3 is 0 Å². The first kappa shape index (κ1) is 20.1. The van der Waals surface area contributed by atoms with Gasteiger partial charge in [0.15, 0.2) is 0 Å². The van der Waals surface area contributed by atoms with E-state index in [4.69, 9.17) is 0 Å². The van der Waals surface area contributed by atoms with Crippen LogP contribution in [-0.2, 0) is 20.0 Å². The number of benzene rings is 2. The fraction of sp³-hybridized carbons (Fsp3) is 0.222. The van der Waals surface area contributed by atoms with Crippen molar-refractivity contribution in [2.45, 2.75) is 23.6 Å². The van der Waals surface area contributed by atoms with Gasteiger partial charge in [0.1, 0.15) is 0 Å². The van der Waals surface area contributed by atoms with E-state index in [1.54, 1.807) is 24.3 Å².